The van der Waals surface area contributed by atoms with Gasteiger partial charge in [-0.1, -0.05) is 19.9 Å². The van der Waals surface area contributed by atoms with Crippen molar-refractivity contribution in [3.05, 3.63) is 12.7 Å². The van der Waals surface area contributed by atoms with Crippen LogP contribution in [-0.4, -0.2) is 18.0 Å². The van der Waals surface area contributed by atoms with Gasteiger partial charge >= 0.3 is 0 Å². The van der Waals surface area contributed by atoms with Crippen LogP contribution >= 0.6 is 0 Å². The normalized spacial score (nSPS) is 36.7. The number of rotatable bonds is 3. The van der Waals surface area contributed by atoms with Gasteiger partial charge in [-0.25, -0.2) is 0 Å². The second kappa shape index (κ2) is 4.45. The molecule has 82 valence electrons. The highest BCUT2D eigenvalue weighted by atomic mass is 16.7. The fourth-order valence-corrected chi connectivity index (χ4v) is 2.09. The molecule has 1 fully saturated rings. The Balaban J connectivity index is 2.70. The quantitative estimate of drug-likeness (QED) is 0.649. The first-order valence-corrected chi connectivity index (χ1v) is 5.46. The lowest BCUT2D eigenvalue weighted by Gasteiger charge is -2.44. The van der Waals surface area contributed by atoms with Crippen LogP contribution in [0.2, 0.25) is 0 Å². The standard InChI is InChI=1S/C12H22O2/c1-6-8-11-9(3)10(7-2)13-12(4,5)14-11/h6,9-11H,1,7-8H2,2-5H3/t9-,10-,11?/m0/s1. The topological polar surface area (TPSA) is 18.5 Å². The van der Waals surface area contributed by atoms with E-state index in [4.69, 9.17) is 9.47 Å². The van der Waals surface area contributed by atoms with Gasteiger partial charge in [0.25, 0.3) is 0 Å². The van der Waals surface area contributed by atoms with E-state index >= 15 is 0 Å². The molecule has 0 N–H and O–H groups in total. The predicted molar refractivity (Wildman–Crippen MR) is 58.1 cm³/mol. The Hall–Kier alpha value is -0.340. The Morgan fingerprint density at radius 1 is 1.29 bits per heavy atom. The molecule has 1 aliphatic rings. The van der Waals surface area contributed by atoms with E-state index in [1.165, 1.54) is 0 Å². The van der Waals surface area contributed by atoms with Crippen molar-refractivity contribution in [2.24, 2.45) is 5.92 Å². The van der Waals surface area contributed by atoms with Crippen LogP contribution in [0.5, 0.6) is 0 Å². The van der Waals surface area contributed by atoms with E-state index in [9.17, 15) is 0 Å². The lowest BCUT2D eigenvalue weighted by Crippen LogP contribution is -2.49. The Labute approximate surface area is 87.3 Å². The van der Waals surface area contributed by atoms with Crippen molar-refractivity contribution in [3.63, 3.8) is 0 Å². The number of hydrogen-bond donors (Lipinski definition) is 0. The summed E-state index contributed by atoms with van der Waals surface area (Å²) in [7, 11) is 0. The van der Waals surface area contributed by atoms with E-state index in [2.05, 4.69) is 20.4 Å². The maximum Gasteiger partial charge on any atom is 0.163 e. The average molecular weight is 198 g/mol. The van der Waals surface area contributed by atoms with Gasteiger partial charge in [0.1, 0.15) is 0 Å². The van der Waals surface area contributed by atoms with Gasteiger partial charge < -0.3 is 9.47 Å². The van der Waals surface area contributed by atoms with E-state index in [-0.39, 0.29) is 6.10 Å². The molecule has 0 amide bonds. The van der Waals surface area contributed by atoms with E-state index < -0.39 is 5.79 Å². The first-order chi connectivity index (χ1) is 6.50. The molecule has 0 saturated carbocycles. The lowest BCUT2D eigenvalue weighted by molar-refractivity contribution is -0.318. The smallest absolute Gasteiger partial charge is 0.163 e. The van der Waals surface area contributed by atoms with Crippen molar-refractivity contribution in [2.75, 3.05) is 0 Å². The third-order valence-corrected chi connectivity index (χ3v) is 2.84. The average Bonchev–Trinajstić information content (AvgIpc) is 2.11. The molecule has 0 bridgehead atoms. The summed E-state index contributed by atoms with van der Waals surface area (Å²) in [5, 5.41) is 0. The van der Waals surface area contributed by atoms with Crippen molar-refractivity contribution in [2.45, 2.75) is 58.5 Å². The molecular formula is C12H22O2. The van der Waals surface area contributed by atoms with Gasteiger partial charge in [-0.2, -0.15) is 0 Å². The molecule has 0 aliphatic carbocycles. The summed E-state index contributed by atoms with van der Waals surface area (Å²) in [6.07, 6.45) is 4.44. The second-order valence-corrected chi connectivity index (χ2v) is 4.50. The second-order valence-electron chi connectivity index (χ2n) is 4.50. The van der Waals surface area contributed by atoms with Crippen LogP contribution < -0.4 is 0 Å². The summed E-state index contributed by atoms with van der Waals surface area (Å²) in [5.74, 6) is 0.00644. The predicted octanol–water partition coefficient (Wildman–Crippen LogP) is 3.13. The molecule has 1 unspecified atom stereocenters. The fourth-order valence-electron chi connectivity index (χ4n) is 2.09. The SMILES string of the molecule is C=CCC1OC(C)(C)O[C@@H](CC)[C@@H]1C. The van der Waals surface area contributed by atoms with E-state index in [0.29, 0.717) is 12.0 Å². The highest BCUT2D eigenvalue weighted by Crippen LogP contribution is 2.33. The zero-order valence-electron chi connectivity index (χ0n) is 9.75. The van der Waals surface area contributed by atoms with Crippen LogP contribution in [0.1, 0.15) is 40.5 Å². The molecule has 0 aromatic heterocycles. The largest absolute Gasteiger partial charge is 0.347 e. The molecule has 1 heterocycles. The monoisotopic (exact) mass is 198 g/mol. The molecular weight excluding hydrogens is 176 g/mol. The zero-order valence-corrected chi connectivity index (χ0v) is 9.75. The van der Waals surface area contributed by atoms with Crippen molar-refractivity contribution in [1.82, 2.24) is 0 Å². The summed E-state index contributed by atoms with van der Waals surface area (Å²) in [6.45, 7) is 12.1. The molecule has 0 aromatic rings. The van der Waals surface area contributed by atoms with E-state index in [0.717, 1.165) is 12.8 Å². The van der Waals surface area contributed by atoms with Crippen molar-refractivity contribution in [1.29, 1.82) is 0 Å². The van der Waals surface area contributed by atoms with Gasteiger partial charge in [-0.05, 0) is 26.7 Å². The summed E-state index contributed by atoms with van der Waals surface area (Å²) in [4.78, 5) is 0. The van der Waals surface area contributed by atoms with Gasteiger partial charge in [0.2, 0.25) is 0 Å². The van der Waals surface area contributed by atoms with Gasteiger partial charge in [-0.3, -0.25) is 0 Å². The van der Waals surface area contributed by atoms with Crippen LogP contribution in [0.25, 0.3) is 0 Å². The molecule has 0 aromatic carbocycles. The third-order valence-electron chi connectivity index (χ3n) is 2.84. The molecule has 2 nitrogen and oxygen atoms in total. The molecule has 3 atom stereocenters. The first kappa shape index (κ1) is 11.7. The van der Waals surface area contributed by atoms with Gasteiger partial charge in [-0.15, -0.1) is 6.58 Å². The Morgan fingerprint density at radius 2 is 1.86 bits per heavy atom. The summed E-state index contributed by atoms with van der Waals surface area (Å²) in [6, 6.07) is 0. The van der Waals surface area contributed by atoms with Crippen molar-refractivity contribution in [3.8, 4) is 0 Å². The molecule has 14 heavy (non-hydrogen) atoms. The molecule has 2 heteroatoms. The van der Waals surface area contributed by atoms with Crippen LogP contribution in [0, 0.1) is 5.92 Å². The highest BCUT2D eigenvalue weighted by molar-refractivity contribution is 4.86. The van der Waals surface area contributed by atoms with E-state index in [1.54, 1.807) is 0 Å². The maximum absolute atomic E-state index is 5.87. The Bertz CT molecular complexity index is 198. The van der Waals surface area contributed by atoms with Gasteiger partial charge in [0.05, 0.1) is 12.2 Å². The Morgan fingerprint density at radius 3 is 2.36 bits per heavy atom. The van der Waals surface area contributed by atoms with Crippen molar-refractivity contribution >= 4 is 0 Å². The summed E-state index contributed by atoms with van der Waals surface area (Å²) >= 11 is 0. The van der Waals surface area contributed by atoms with Gasteiger partial charge in [0, 0.05) is 5.92 Å². The summed E-state index contributed by atoms with van der Waals surface area (Å²) in [5.41, 5.74) is 0. The van der Waals surface area contributed by atoms with Crippen LogP contribution in [0.15, 0.2) is 12.7 Å². The first-order valence-electron chi connectivity index (χ1n) is 5.46. The zero-order chi connectivity index (χ0) is 10.8. The van der Waals surface area contributed by atoms with Crippen molar-refractivity contribution < 1.29 is 9.47 Å². The van der Waals surface area contributed by atoms with Crippen LogP contribution in [-0.2, 0) is 9.47 Å². The minimum absolute atomic E-state index is 0.251. The molecule has 1 aliphatic heterocycles. The highest BCUT2D eigenvalue weighted by Gasteiger charge is 2.39. The molecule has 1 rings (SSSR count). The van der Waals surface area contributed by atoms with Gasteiger partial charge in [0.15, 0.2) is 5.79 Å². The minimum Gasteiger partial charge on any atom is -0.347 e. The number of ether oxygens (including phenoxy) is 2. The van der Waals surface area contributed by atoms with E-state index in [1.807, 2.05) is 19.9 Å². The van der Waals surface area contributed by atoms with Crippen LogP contribution in [0.3, 0.4) is 0 Å². The Kier molecular flexibility index (Phi) is 3.73. The molecule has 1 saturated heterocycles. The fraction of sp³-hybridized carbons (Fsp3) is 0.833. The molecule has 0 spiro atoms. The third kappa shape index (κ3) is 2.58. The number of hydrogen-bond acceptors (Lipinski definition) is 2. The minimum atomic E-state index is -0.444. The maximum atomic E-state index is 5.87. The summed E-state index contributed by atoms with van der Waals surface area (Å²) < 4.78 is 11.7. The van der Waals surface area contributed by atoms with Crippen LogP contribution in [0.4, 0.5) is 0 Å². The lowest BCUT2D eigenvalue weighted by atomic mass is 9.92. The molecule has 0 radical (unpaired) electrons.